The number of nitrogens with one attached hydrogen (secondary N) is 1. The zero-order valence-electron chi connectivity index (χ0n) is 12.6. The number of hydrogen-bond acceptors (Lipinski definition) is 3. The minimum Gasteiger partial charge on any atom is -0.376 e. The van der Waals surface area contributed by atoms with Crippen LogP contribution in [-0.4, -0.2) is 37.6 Å². The van der Waals surface area contributed by atoms with Crippen molar-refractivity contribution in [3.63, 3.8) is 0 Å². The topological polar surface area (TPSA) is 58.6 Å². The van der Waals surface area contributed by atoms with Gasteiger partial charge in [-0.15, -0.1) is 0 Å². The summed E-state index contributed by atoms with van der Waals surface area (Å²) in [7, 11) is 0. The molecule has 2 fully saturated rings. The summed E-state index contributed by atoms with van der Waals surface area (Å²) in [5.74, 6) is -0.659. The number of halogens is 2. The highest BCUT2D eigenvalue weighted by molar-refractivity contribution is 6.40. The number of rotatable bonds is 4. The highest BCUT2D eigenvalue weighted by Crippen LogP contribution is 2.37. The molecule has 0 radical (unpaired) electrons. The van der Waals surface area contributed by atoms with Gasteiger partial charge in [-0.1, -0.05) is 29.3 Å². The maximum absolute atomic E-state index is 12.3. The van der Waals surface area contributed by atoms with E-state index in [0.717, 1.165) is 19.4 Å². The van der Waals surface area contributed by atoms with Crippen LogP contribution in [0.1, 0.15) is 19.3 Å². The molecule has 2 unspecified atom stereocenters. The number of hydrogen-bond donors (Lipinski definition) is 1. The van der Waals surface area contributed by atoms with Crippen molar-refractivity contribution in [1.29, 1.82) is 0 Å². The van der Waals surface area contributed by atoms with Gasteiger partial charge in [-0.25, -0.2) is 0 Å². The average molecular weight is 357 g/mol. The number of amides is 2. The van der Waals surface area contributed by atoms with Gasteiger partial charge in [0.25, 0.3) is 0 Å². The molecule has 124 valence electrons. The molecule has 0 bridgehead atoms. The normalized spacial score (nSPS) is 24.3. The van der Waals surface area contributed by atoms with Crippen molar-refractivity contribution >= 4 is 40.7 Å². The summed E-state index contributed by atoms with van der Waals surface area (Å²) in [5, 5.41) is 3.70. The summed E-state index contributed by atoms with van der Waals surface area (Å²) < 4.78 is 5.48. The molecule has 1 aromatic carbocycles. The number of carbonyl (C=O) groups is 2. The Morgan fingerprint density at radius 3 is 2.74 bits per heavy atom. The standard InChI is InChI=1S/C16H18Cl2N2O3/c17-12-4-1-5-13(18)15(12)20-9-10(7-14(20)21)16(22)19-8-11-3-2-6-23-11/h1,4-5,10-11H,2-3,6-9H2,(H,19,22). The highest BCUT2D eigenvalue weighted by Gasteiger charge is 2.37. The number of benzene rings is 1. The Bertz CT molecular complexity index is 597. The van der Waals surface area contributed by atoms with Gasteiger partial charge in [0, 0.05) is 26.1 Å². The fraction of sp³-hybridized carbons (Fsp3) is 0.500. The van der Waals surface area contributed by atoms with Crippen LogP contribution in [0.25, 0.3) is 0 Å². The Hall–Kier alpha value is -1.30. The first-order chi connectivity index (χ1) is 11.1. The van der Waals surface area contributed by atoms with Crippen molar-refractivity contribution in [2.24, 2.45) is 5.92 Å². The average Bonchev–Trinajstić information content (AvgIpc) is 3.15. The molecule has 5 nitrogen and oxygen atoms in total. The van der Waals surface area contributed by atoms with Crippen LogP contribution in [0, 0.1) is 5.92 Å². The summed E-state index contributed by atoms with van der Waals surface area (Å²) in [6, 6.07) is 5.09. The molecule has 2 aliphatic heterocycles. The summed E-state index contributed by atoms with van der Waals surface area (Å²) in [6.07, 6.45) is 2.25. The molecule has 0 saturated carbocycles. The Labute approximate surface area is 144 Å². The van der Waals surface area contributed by atoms with E-state index in [2.05, 4.69) is 5.32 Å². The van der Waals surface area contributed by atoms with Gasteiger partial charge in [0.1, 0.15) is 0 Å². The Balaban J connectivity index is 1.63. The molecule has 2 saturated heterocycles. The molecule has 0 aromatic heterocycles. The minimum atomic E-state index is -0.392. The molecule has 0 aliphatic carbocycles. The Kier molecular flexibility index (Phi) is 5.09. The molecule has 0 spiro atoms. The van der Waals surface area contributed by atoms with Crippen LogP contribution in [0.2, 0.25) is 10.0 Å². The maximum atomic E-state index is 12.3. The monoisotopic (exact) mass is 356 g/mol. The lowest BCUT2D eigenvalue weighted by Gasteiger charge is -2.19. The minimum absolute atomic E-state index is 0.0881. The quantitative estimate of drug-likeness (QED) is 0.901. The van der Waals surface area contributed by atoms with Crippen molar-refractivity contribution in [3.05, 3.63) is 28.2 Å². The first-order valence-corrected chi connectivity index (χ1v) is 8.45. The first-order valence-electron chi connectivity index (χ1n) is 7.70. The van der Waals surface area contributed by atoms with Gasteiger partial charge >= 0.3 is 0 Å². The van der Waals surface area contributed by atoms with Crippen LogP contribution in [0.4, 0.5) is 5.69 Å². The van der Waals surface area contributed by atoms with Crippen LogP contribution in [0.5, 0.6) is 0 Å². The van der Waals surface area contributed by atoms with Gasteiger partial charge in [-0.05, 0) is 25.0 Å². The van der Waals surface area contributed by atoms with Crippen molar-refractivity contribution in [2.75, 3.05) is 24.6 Å². The van der Waals surface area contributed by atoms with Gasteiger partial charge < -0.3 is 15.0 Å². The summed E-state index contributed by atoms with van der Waals surface area (Å²) in [4.78, 5) is 26.0. The van der Waals surface area contributed by atoms with Gasteiger partial charge in [-0.3, -0.25) is 9.59 Å². The fourth-order valence-electron chi connectivity index (χ4n) is 3.01. The Morgan fingerprint density at radius 1 is 1.35 bits per heavy atom. The molecule has 23 heavy (non-hydrogen) atoms. The summed E-state index contributed by atoms with van der Waals surface area (Å²) >= 11 is 12.3. The third kappa shape index (κ3) is 3.62. The van der Waals surface area contributed by atoms with Crippen molar-refractivity contribution in [1.82, 2.24) is 5.32 Å². The van der Waals surface area contributed by atoms with E-state index < -0.39 is 5.92 Å². The summed E-state index contributed by atoms with van der Waals surface area (Å²) in [6.45, 7) is 1.54. The fourth-order valence-corrected chi connectivity index (χ4v) is 3.61. The van der Waals surface area contributed by atoms with E-state index in [1.807, 2.05) is 0 Å². The predicted molar refractivity (Wildman–Crippen MR) is 88.9 cm³/mol. The molecule has 1 aromatic rings. The van der Waals surface area contributed by atoms with E-state index >= 15 is 0 Å². The molecule has 3 rings (SSSR count). The van der Waals surface area contributed by atoms with Crippen molar-refractivity contribution in [2.45, 2.75) is 25.4 Å². The largest absolute Gasteiger partial charge is 0.376 e. The molecule has 2 heterocycles. The smallest absolute Gasteiger partial charge is 0.227 e. The lowest BCUT2D eigenvalue weighted by Crippen LogP contribution is -2.37. The zero-order chi connectivity index (χ0) is 16.4. The van der Waals surface area contributed by atoms with E-state index in [4.69, 9.17) is 27.9 Å². The zero-order valence-corrected chi connectivity index (χ0v) is 14.1. The van der Waals surface area contributed by atoms with Gasteiger partial charge in [0.15, 0.2) is 0 Å². The summed E-state index contributed by atoms with van der Waals surface area (Å²) in [5.41, 5.74) is 0.482. The number of anilines is 1. The number of carbonyl (C=O) groups excluding carboxylic acids is 2. The maximum Gasteiger partial charge on any atom is 0.227 e. The molecule has 7 heteroatoms. The molecule has 2 atom stereocenters. The predicted octanol–water partition coefficient (Wildman–Crippen LogP) is 2.64. The van der Waals surface area contributed by atoms with E-state index in [1.165, 1.54) is 4.90 Å². The molecule has 1 N–H and O–H groups in total. The van der Waals surface area contributed by atoms with Gasteiger partial charge in [0.05, 0.1) is 27.8 Å². The van der Waals surface area contributed by atoms with Crippen LogP contribution < -0.4 is 10.2 Å². The number of ether oxygens (including phenoxy) is 1. The van der Waals surface area contributed by atoms with E-state index in [9.17, 15) is 9.59 Å². The lowest BCUT2D eigenvalue weighted by molar-refractivity contribution is -0.126. The third-order valence-electron chi connectivity index (χ3n) is 4.23. The van der Waals surface area contributed by atoms with Gasteiger partial charge in [-0.2, -0.15) is 0 Å². The Morgan fingerprint density at radius 2 is 2.09 bits per heavy atom. The second-order valence-corrected chi connectivity index (χ2v) is 6.67. The SMILES string of the molecule is O=C(NCC1CCCO1)C1CC(=O)N(c2c(Cl)cccc2Cl)C1. The van der Waals surface area contributed by atoms with Crippen LogP contribution in [0.15, 0.2) is 18.2 Å². The molecule has 2 aliphatic rings. The number of nitrogens with zero attached hydrogens (tertiary/aromatic N) is 1. The van der Waals surface area contributed by atoms with E-state index in [-0.39, 0.29) is 24.3 Å². The van der Waals surface area contributed by atoms with Crippen LogP contribution in [0.3, 0.4) is 0 Å². The molecular weight excluding hydrogens is 339 g/mol. The molecule has 2 amide bonds. The lowest BCUT2D eigenvalue weighted by atomic mass is 10.1. The highest BCUT2D eigenvalue weighted by atomic mass is 35.5. The van der Waals surface area contributed by atoms with E-state index in [1.54, 1.807) is 18.2 Å². The second-order valence-electron chi connectivity index (χ2n) is 5.86. The third-order valence-corrected chi connectivity index (χ3v) is 4.84. The number of para-hydroxylation sites is 1. The van der Waals surface area contributed by atoms with Crippen molar-refractivity contribution in [3.8, 4) is 0 Å². The van der Waals surface area contributed by atoms with E-state index in [0.29, 0.717) is 28.8 Å². The first kappa shape index (κ1) is 16.6. The van der Waals surface area contributed by atoms with Gasteiger partial charge in [0.2, 0.25) is 11.8 Å². The van der Waals surface area contributed by atoms with Crippen LogP contribution in [-0.2, 0) is 14.3 Å². The van der Waals surface area contributed by atoms with Crippen LogP contribution >= 0.6 is 23.2 Å². The second kappa shape index (κ2) is 7.07. The molecular formula is C16H18Cl2N2O3. The van der Waals surface area contributed by atoms with Crippen molar-refractivity contribution < 1.29 is 14.3 Å².